The molecule has 36 heavy (non-hydrogen) atoms. The number of hydrogen-bond acceptors (Lipinski definition) is 10. The molecule has 0 fully saturated rings. The molecule has 10 nitrogen and oxygen atoms in total. The van der Waals surface area contributed by atoms with Crippen LogP contribution in [0.5, 0.6) is 0 Å². The molecule has 0 bridgehead atoms. The third-order valence-corrected chi connectivity index (χ3v) is 6.25. The first-order valence-corrected chi connectivity index (χ1v) is 13.4. The van der Waals surface area contributed by atoms with Gasteiger partial charge in [0.15, 0.2) is 0 Å². The number of unbranched alkanes of at least 4 members (excludes halogenated alkanes) is 1. The lowest BCUT2D eigenvalue weighted by Crippen LogP contribution is -2.28. The molecule has 0 saturated carbocycles. The molecule has 0 heterocycles. The molecular weight excluding hydrogens is 472 g/mol. The fourth-order valence-corrected chi connectivity index (χ4v) is 3.84. The zero-order chi connectivity index (χ0) is 27.3. The molecule has 0 aliphatic carbocycles. The van der Waals surface area contributed by atoms with Crippen molar-refractivity contribution in [3.63, 3.8) is 0 Å². The Hall–Kier alpha value is -1.30. The number of carbonyl (C=O) groups excluding carboxylic acids is 2. The zero-order valence-corrected chi connectivity index (χ0v) is 22.1. The molecule has 0 aromatic carbocycles. The molecule has 6 N–H and O–H groups in total. The van der Waals surface area contributed by atoms with Crippen molar-refractivity contribution in [3.05, 3.63) is 0 Å². The van der Waals surface area contributed by atoms with E-state index in [1.54, 1.807) is 0 Å². The normalized spacial score (nSPS) is 16.6. The molecule has 0 amide bonds. The van der Waals surface area contributed by atoms with Gasteiger partial charge in [-0.1, -0.05) is 13.8 Å². The van der Waals surface area contributed by atoms with Crippen molar-refractivity contribution in [2.24, 2.45) is 11.8 Å². The van der Waals surface area contributed by atoms with Gasteiger partial charge in [0.25, 0.3) is 0 Å². The predicted molar refractivity (Wildman–Crippen MR) is 134 cm³/mol. The fraction of sp³-hybridized carbons (Fsp3) is 0.923. The van der Waals surface area contributed by atoms with Crippen molar-refractivity contribution in [3.8, 4) is 0 Å². The highest BCUT2D eigenvalue weighted by Crippen LogP contribution is 2.16. The quantitative estimate of drug-likeness (QED) is 0.0851. The second kappa shape index (κ2) is 21.8. The van der Waals surface area contributed by atoms with Crippen LogP contribution in [0, 0.1) is 11.8 Å². The lowest BCUT2D eigenvalue weighted by Gasteiger charge is -2.20. The van der Waals surface area contributed by atoms with Gasteiger partial charge in [0, 0.05) is 26.1 Å². The third-order valence-electron chi connectivity index (χ3n) is 6.25. The van der Waals surface area contributed by atoms with Crippen LogP contribution >= 0.6 is 0 Å². The van der Waals surface area contributed by atoms with Crippen molar-refractivity contribution in [2.45, 2.75) is 115 Å². The minimum Gasteiger partial charge on any atom is -0.466 e. The van der Waals surface area contributed by atoms with Gasteiger partial charge >= 0.3 is 11.9 Å². The molecule has 0 radical (unpaired) electrons. The topological polar surface area (TPSA) is 174 Å². The van der Waals surface area contributed by atoms with Crippen LogP contribution in [0.15, 0.2) is 0 Å². The Morgan fingerprint density at radius 2 is 0.944 bits per heavy atom. The van der Waals surface area contributed by atoms with Crippen molar-refractivity contribution in [1.29, 1.82) is 0 Å². The number of ether oxygens (including phenoxy) is 2. The number of aliphatic hydroxyl groups is 6. The van der Waals surface area contributed by atoms with Crippen molar-refractivity contribution >= 4 is 11.9 Å². The smallest absolute Gasteiger partial charge is 0.305 e. The Balaban J connectivity index is 3.74. The minimum atomic E-state index is -0.898. The van der Waals surface area contributed by atoms with Crippen LogP contribution in [0.1, 0.15) is 90.9 Å². The van der Waals surface area contributed by atoms with E-state index in [0.717, 1.165) is 0 Å². The van der Waals surface area contributed by atoms with Gasteiger partial charge in [-0.2, -0.15) is 0 Å². The first-order valence-electron chi connectivity index (χ1n) is 13.4. The van der Waals surface area contributed by atoms with Gasteiger partial charge in [0.2, 0.25) is 0 Å². The molecule has 0 aromatic rings. The SMILES string of the molecule is CC(CCO)CC(O)C(O)CCCOC(=O)CCCCC(=O)OCCCC(O)C(O)CC(C)CCO. The summed E-state index contributed by atoms with van der Waals surface area (Å²) >= 11 is 0. The Morgan fingerprint density at radius 1 is 0.583 bits per heavy atom. The van der Waals surface area contributed by atoms with E-state index in [0.29, 0.717) is 64.2 Å². The van der Waals surface area contributed by atoms with Gasteiger partial charge in [-0.25, -0.2) is 0 Å². The summed E-state index contributed by atoms with van der Waals surface area (Å²) in [6.45, 7) is 4.19. The number of hydrogen-bond donors (Lipinski definition) is 6. The number of aliphatic hydroxyl groups excluding tert-OH is 6. The van der Waals surface area contributed by atoms with E-state index in [9.17, 15) is 30.0 Å². The first kappa shape index (κ1) is 34.7. The summed E-state index contributed by atoms with van der Waals surface area (Å²) in [7, 11) is 0. The number of carbonyl (C=O) groups is 2. The van der Waals surface area contributed by atoms with E-state index in [-0.39, 0.29) is 63.0 Å². The van der Waals surface area contributed by atoms with Gasteiger partial charge in [0.05, 0.1) is 37.6 Å². The molecule has 6 unspecified atom stereocenters. The van der Waals surface area contributed by atoms with E-state index in [4.69, 9.17) is 19.7 Å². The van der Waals surface area contributed by atoms with Crippen LogP contribution in [-0.2, 0) is 19.1 Å². The molecular formula is C26H50O10. The second-order valence-corrected chi connectivity index (χ2v) is 9.91. The Bertz CT molecular complexity index is 511. The summed E-state index contributed by atoms with van der Waals surface area (Å²) in [4.78, 5) is 23.6. The van der Waals surface area contributed by atoms with E-state index in [1.165, 1.54) is 0 Å². The maximum absolute atomic E-state index is 11.8. The van der Waals surface area contributed by atoms with Crippen LogP contribution in [0.3, 0.4) is 0 Å². The maximum Gasteiger partial charge on any atom is 0.305 e. The van der Waals surface area contributed by atoms with E-state index >= 15 is 0 Å². The molecule has 0 saturated heterocycles. The van der Waals surface area contributed by atoms with Gasteiger partial charge in [-0.15, -0.1) is 0 Å². The van der Waals surface area contributed by atoms with Gasteiger partial charge in [0.1, 0.15) is 0 Å². The van der Waals surface area contributed by atoms with Crippen LogP contribution in [0.25, 0.3) is 0 Å². The number of esters is 2. The highest BCUT2D eigenvalue weighted by atomic mass is 16.5. The minimum absolute atomic E-state index is 0.0468. The van der Waals surface area contributed by atoms with Crippen molar-refractivity contribution in [2.75, 3.05) is 26.4 Å². The Labute approximate surface area is 215 Å². The third kappa shape index (κ3) is 18.9. The highest BCUT2D eigenvalue weighted by Gasteiger charge is 2.20. The molecule has 0 rings (SSSR count). The molecule has 0 aliphatic rings. The second-order valence-electron chi connectivity index (χ2n) is 9.91. The van der Waals surface area contributed by atoms with E-state index < -0.39 is 24.4 Å². The molecule has 10 heteroatoms. The maximum atomic E-state index is 11.8. The summed E-state index contributed by atoms with van der Waals surface area (Å²) in [5, 5.41) is 57.7. The van der Waals surface area contributed by atoms with Gasteiger partial charge in [-0.3, -0.25) is 9.59 Å². The van der Waals surface area contributed by atoms with E-state index in [2.05, 4.69) is 0 Å². The van der Waals surface area contributed by atoms with E-state index in [1.807, 2.05) is 13.8 Å². The molecule has 0 spiro atoms. The van der Waals surface area contributed by atoms with Gasteiger partial charge < -0.3 is 40.1 Å². The Kier molecular flexibility index (Phi) is 21.0. The Morgan fingerprint density at radius 3 is 1.28 bits per heavy atom. The van der Waals surface area contributed by atoms with Crippen LogP contribution in [-0.4, -0.2) is 93.4 Å². The molecule has 0 aromatic heterocycles. The highest BCUT2D eigenvalue weighted by molar-refractivity contribution is 5.70. The monoisotopic (exact) mass is 522 g/mol. The predicted octanol–water partition coefficient (Wildman–Crippen LogP) is 1.45. The lowest BCUT2D eigenvalue weighted by molar-refractivity contribution is -0.146. The van der Waals surface area contributed by atoms with Gasteiger partial charge in [-0.05, 0) is 76.0 Å². The molecule has 214 valence electrons. The summed E-state index contributed by atoms with van der Waals surface area (Å²) in [6.07, 6.45) is 1.20. The largest absolute Gasteiger partial charge is 0.466 e. The van der Waals surface area contributed by atoms with Crippen molar-refractivity contribution in [1.82, 2.24) is 0 Å². The first-order chi connectivity index (χ1) is 17.1. The van der Waals surface area contributed by atoms with Crippen LogP contribution < -0.4 is 0 Å². The zero-order valence-electron chi connectivity index (χ0n) is 22.1. The summed E-state index contributed by atoms with van der Waals surface area (Å²) in [6, 6.07) is 0. The summed E-state index contributed by atoms with van der Waals surface area (Å²) in [5.41, 5.74) is 0. The lowest BCUT2D eigenvalue weighted by atomic mass is 9.96. The average Bonchev–Trinajstić information content (AvgIpc) is 2.82. The van der Waals surface area contributed by atoms with Crippen LogP contribution in [0.2, 0.25) is 0 Å². The summed E-state index contributed by atoms with van der Waals surface area (Å²) in [5.74, 6) is -0.538. The van der Waals surface area contributed by atoms with Crippen molar-refractivity contribution < 1.29 is 49.7 Å². The molecule has 0 aliphatic heterocycles. The van der Waals surface area contributed by atoms with Crippen LogP contribution in [0.4, 0.5) is 0 Å². The number of rotatable bonds is 23. The molecule has 6 atom stereocenters. The standard InChI is InChI=1S/C26H50O10/c1-19(11-13-27)17-23(31)21(29)7-5-15-35-25(33)9-3-4-10-26(34)36-16-6-8-22(30)24(32)18-20(2)12-14-28/h19-24,27-32H,3-18H2,1-2H3. The fourth-order valence-electron chi connectivity index (χ4n) is 3.84. The summed E-state index contributed by atoms with van der Waals surface area (Å²) < 4.78 is 10.2. The average molecular weight is 523 g/mol.